The van der Waals surface area contributed by atoms with Crippen LogP contribution in [0.25, 0.3) is 10.9 Å². The van der Waals surface area contributed by atoms with Crippen LogP contribution < -0.4 is 11.3 Å². The summed E-state index contributed by atoms with van der Waals surface area (Å²) in [5, 5.41) is 10.1. The Hall–Kier alpha value is -2.32. The van der Waals surface area contributed by atoms with Crippen LogP contribution in [0, 0.1) is 11.3 Å². The fraction of sp³-hybridized carbons (Fsp3) is 0.333. The molecule has 1 amide bonds. The Balaban J connectivity index is 1.91. The highest BCUT2D eigenvalue weighted by Crippen LogP contribution is 2.20. The second-order valence-electron chi connectivity index (χ2n) is 4.74. The van der Waals surface area contributed by atoms with E-state index in [1.165, 1.54) is 0 Å². The third-order valence-electron chi connectivity index (χ3n) is 3.40. The number of nitrogens with one attached hydrogen (secondary N) is 1. The fourth-order valence-electron chi connectivity index (χ4n) is 2.33. The van der Waals surface area contributed by atoms with Crippen molar-refractivity contribution in [2.45, 2.75) is 32.2 Å². The van der Waals surface area contributed by atoms with Crippen LogP contribution in [0.2, 0.25) is 0 Å². The van der Waals surface area contributed by atoms with Gasteiger partial charge < -0.3 is 4.57 Å². The van der Waals surface area contributed by atoms with Gasteiger partial charge in [0.25, 0.3) is 0 Å². The zero-order valence-electron chi connectivity index (χ0n) is 11.3. The number of hydrazine groups is 1. The normalized spacial score (nSPS) is 10.4. The minimum Gasteiger partial charge on any atom is -0.347 e. The molecule has 2 rings (SSSR count). The lowest BCUT2D eigenvalue weighted by Gasteiger charge is -2.05. The first kappa shape index (κ1) is 14.1. The number of hydrogen-bond donors (Lipinski definition) is 2. The van der Waals surface area contributed by atoms with Crippen LogP contribution >= 0.6 is 0 Å². The third-order valence-corrected chi connectivity index (χ3v) is 3.40. The molecule has 0 bridgehead atoms. The molecule has 5 nitrogen and oxygen atoms in total. The first-order valence-electron chi connectivity index (χ1n) is 6.73. The molecule has 0 aliphatic rings. The minimum absolute atomic E-state index is 0.116. The van der Waals surface area contributed by atoms with E-state index in [0.717, 1.165) is 36.7 Å². The van der Waals surface area contributed by atoms with Crippen molar-refractivity contribution in [2.75, 3.05) is 0 Å². The summed E-state index contributed by atoms with van der Waals surface area (Å²) < 4.78 is 2.15. The number of unbranched alkanes of at least 4 members (excludes halogenated alkanes) is 2. The van der Waals surface area contributed by atoms with Gasteiger partial charge in [-0.2, -0.15) is 5.26 Å². The van der Waals surface area contributed by atoms with Crippen molar-refractivity contribution < 1.29 is 4.79 Å². The number of carbonyl (C=O) groups is 1. The monoisotopic (exact) mass is 270 g/mol. The summed E-state index contributed by atoms with van der Waals surface area (Å²) in [4.78, 5) is 11.0. The Morgan fingerprint density at radius 3 is 2.90 bits per heavy atom. The van der Waals surface area contributed by atoms with Gasteiger partial charge in [-0.25, -0.2) is 5.84 Å². The summed E-state index contributed by atoms with van der Waals surface area (Å²) in [6.45, 7) is 0.891. The number of nitrogens with zero attached hydrogens (tertiary/aromatic N) is 2. The van der Waals surface area contributed by atoms with E-state index in [2.05, 4.69) is 16.1 Å². The Morgan fingerprint density at radius 1 is 1.30 bits per heavy atom. The largest absolute Gasteiger partial charge is 0.347 e. The summed E-state index contributed by atoms with van der Waals surface area (Å²) in [5.41, 5.74) is 3.93. The Bertz CT molecular complexity index is 639. The molecule has 0 radical (unpaired) electrons. The maximum Gasteiger partial charge on any atom is 0.233 e. The second kappa shape index (κ2) is 6.73. The number of nitriles is 1. The van der Waals surface area contributed by atoms with Crippen LogP contribution in [0.15, 0.2) is 30.5 Å². The topological polar surface area (TPSA) is 83.8 Å². The molecular weight excluding hydrogens is 252 g/mol. The molecule has 1 aromatic carbocycles. The van der Waals surface area contributed by atoms with Gasteiger partial charge in [0, 0.05) is 30.1 Å². The Morgan fingerprint density at radius 2 is 2.15 bits per heavy atom. The van der Waals surface area contributed by atoms with Gasteiger partial charge in [-0.15, -0.1) is 0 Å². The summed E-state index contributed by atoms with van der Waals surface area (Å²) in [7, 11) is 0. The Kier molecular flexibility index (Phi) is 4.75. The number of aromatic nitrogens is 1. The lowest BCUT2D eigenvalue weighted by atomic mass is 10.1. The van der Waals surface area contributed by atoms with Crippen LogP contribution in [0.3, 0.4) is 0 Å². The second-order valence-corrected chi connectivity index (χ2v) is 4.74. The number of nitrogens with two attached hydrogens (primary N) is 1. The van der Waals surface area contributed by atoms with Crippen LogP contribution in [0.5, 0.6) is 0 Å². The number of amides is 1. The molecule has 5 heteroatoms. The van der Waals surface area contributed by atoms with Crippen molar-refractivity contribution in [1.82, 2.24) is 9.99 Å². The fourth-order valence-corrected chi connectivity index (χ4v) is 2.33. The smallest absolute Gasteiger partial charge is 0.233 e. The first-order chi connectivity index (χ1) is 9.76. The Labute approximate surface area is 118 Å². The van der Waals surface area contributed by atoms with Crippen molar-refractivity contribution in [3.05, 3.63) is 36.0 Å². The van der Waals surface area contributed by atoms with Crippen molar-refractivity contribution >= 4 is 16.8 Å². The number of rotatable bonds is 6. The minimum atomic E-state index is -0.116. The summed E-state index contributed by atoms with van der Waals surface area (Å²) in [5.74, 6) is 4.91. The van der Waals surface area contributed by atoms with E-state index >= 15 is 0 Å². The van der Waals surface area contributed by atoms with E-state index in [9.17, 15) is 4.79 Å². The lowest BCUT2D eigenvalue weighted by Crippen LogP contribution is -2.29. The molecule has 0 aliphatic carbocycles. The number of fused-ring (bicyclic) bond motifs is 1. The molecule has 104 valence electrons. The molecule has 1 aromatic heterocycles. The average Bonchev–Trinajstić information content (AvgIpc) is 2.89. The number of benzene rings is 1. The number of aryl methyl sites for hydroxylation is 1. The molecule has 0 atom stereocenters. The molecule has 1 heterocycles. The van der Waals surface area contributed by atoms with Gasteiger partial charge in [0.05, 0.1) is 11.6 Å². The SMILES string of the molecule is N#Cc1cccc2c1ccn2CCCCCC(=O)NN. The maximum atomic E-state index is 11.0. The van der Waals surface area contributed by atoms with Crippen LogP contribution in [0.1, 0.15) is 31.2 Å². The number of hydrogen-bond acceptors (Lipinski definition) is 3. The van der Waals surface area contributed by atoms with E-state index in [1.807, 2.05) is 30.5 Å². The van der Waals surface area contributed by atoms with Gasteiger partial charge >= 0.3 is 0 Å². The zero-order chi connectivity index (χ0) is 14.4. The summed E-state index contributed by atoms with van der Waals surface area (Å²) >= 11 is 0. The van der Waals surface area contributed by atoms with Crippen LogP contribution in [-0.4, -0.2) is 10.5 Å². The summed E-state index contributed by atoms with van der Waals surface area (Å²) in [6.07, 6.45) is 5.30. The average molecular weight is 270 g/mol. The highest BCUT2D eigenvalue weighted by molar-refractivity contribution is 5.85. The zero-order valence-corrected chi connectivity index (χ0v) is 11.3. The van der Waals surface area contributed by atoms with Crippen LogP contribution in [0.4, 0.5) is 0 Å². The molecule has 0 spiro atoms. The standard InChI is InChI=1S/C15H18N4O/c16-11-12-5-4-6-14-13(12)8-10-19(14)9-3-1-2-7-15(20)18-17/h4-6,8,10H,1-3,7,9,17H2,(H,18,20). The van der Waals surface area contributed by atoms with E-state index in [4.69, 9.17) is 11.1 Å². The van der Waals surface area contributed by atoms with Gasteiger partial charge in [0.1, 0.15) is 0 Å². The predicted octanol–water partition coefficient (Wildman–Crippen LogP) is 2.06. The predicted molar refractivity (Wildman–Crippen MR) is 77.5 cm³/mol. The van der Waals surface area contributed by atoms with E-state index in [1.54, 1.807) is 0 Å². The van der Waals surface area contributed by atoms with Gasteiger partial charge in [-0.05, 0) is 31.0 Å². The lowest BCUT2D eigenvalue weighted by molar-refractivity contribution is -0.121. The van der Waals surface area contributed by atoms with E-state index in [-0.39, 0.29) is 5.91 Å². The van der Waals surface area contributed by atoms with Gasteiger partial charge in [-0.3, -0.25) is 10.2 Å². The van der Waals surface area contributed by atoms with Crippen molar-refractivity contribution in [2.24, 2.45) is 5.84 Å². The molecule has 0 saturated carbocycles. The number of carbonyl (C=O) groups excluding carboxylic acids is 1. The molecule has 2 aromatic rings. The molecule has 0 saturated heterocycles. The van der Waals surface area contributed by atoms with Crippen molar-refractivity contribution in [3.8, 4) is 6.07 Å². The third kappa shape index (κ3) is 3.16. The van der Waals surface area contributed by atoms with E-state index in [0.29, 0.717) is 12.0 Å². The molecule has 20 heavy (non-hydrogen) atoms. The van der Waals surface area contributed by atoms with Gasteiger partial charge in [0.2, 0.25) is 5.91 Å². The van der Waals surface area contributed by atoms with Gasteiger partial charge in [0.15, 0.2) is 0 Å². The highest BCUT2D eigenvalue weighted by atomic mass is 16.2. The molecule has 0 aliphatic heterocycles. The van der Waals surface area contributed by atoms with Crippen LogP contribution in [-0.2, 0) is 11.3 Å². The van der Waals surface area contributed by atoms with Crippen molar-refractivity contribution in [3.63, 3.8) is 0 Å². The molecule has 3 N–H and O–H groups in total. The highest BCUT2D eigenvalue weighted by Gasteiger charge is 2.05. The summed E-state index contributed by atoms with van der Waals surface area (Å²) in [6, 6.07) is 9.95. The molecular formula is C15H18N4O. The first-order valence-corrected chi connectivity index (χ1v) is 6.73. The molecule has 0 unspecified atom stereocenters. The quantitative estimate of drug-likeness (QED) is 0.365. The van der Waals surface area contributed by atoms with Crippen molar-refractivity contribution in [1.29, 1.82) is 5.26 Å². The maximum absolute atomic E-state index is 11.0. The van der Waals surface area contributed by atoms with Gasteiger partial charge in [-0.1, -0.05) is 12.5 Å². The van der Waals surface area contributed by atoms with E-state index < -0.39 is 0 Å². The molecule has 0 fully saturated rings.